The van der Waals surface area contributed by atoms with Crippen molar-refractivity contribution in [3.8, 4) is 11.5 Å². The van der Waals surface area contributed by atoms with Gasteiger partial charge in [0.05, 0.1) is 12.7 Å². The summed E-state index contributed by atoms with van der Waals surface area (Å²) < 4.78 is 11.7. The van der Waals surface area contributed by atoms with E-state index in [1.807, 2.05) is 36.4 Å². The third kappa shape index (κ3) is 5.41. The SMILES string of the molecule is CCCCCCC(O)COc1ccc(OCCC)c2ccccc12. The van der Waals surface area contributed by atoms with Crippen molar-refractivity contribution in [3.63, 3.8) is 0 Å². The Labute approximate surface area is 145 Å². The van der Waals surface area contributed by atoms with Crippen LogP contribution in [0.5, 0.6) is 11.5 Å². The number of aliphatic hydroxyl groups excluding tert-OH is 1. The first-order valence-corrected chi connectivity index (χ1v) is 9.21. The van der Waals surface area contributed by atoms with E-state index in [0.29, 0.717) is 13.2 Å². The normalized spacial score (nSPS) is 12.3. The maximum atomic E-state index is 10.1. The Kier molecular flexibility index (Phi) is 7.90. The highest BCUT2D eigenvalue weighted by Crippen LogP contribution is 2.33. The standard InChI is InChI=1S/C21H30O3/c1-3-5-6-7-10-17(22)16-24-21-14-13-20(23-15-4-2)18-11-8-9-12-19(18)21/h8-9,11-14,17,22H,3-7,10,15-16H2,1-2H3. The van der Waals surface area contributed by atoms with Gasteiger partial charge in [-0.25, -0.2) is 0 Å². The Balaban J connectivity index is 1.99. The van der Waals surface area contributed by atoms with Gasteiger partial charge in [0.15, 0.2) is 0 Å². The molecular weight excluding hydrogens is 300 g/mol. The minimum absolute atomic E-state index is 0.339. The number of fused-ring (bicyclic) bond motifs is 1. The van der Waals surface area contributed by atoms with Gasteiger partial charge in [-0.2, -0.15) is 0 Å². The Bertz CT molecular complexity index is 609. The molecule has 0 bridgehead atoms. The molecule has 0 spiro atoms. The summed E-state index contributed by atoms with van der Waals surface area (Å²) in [6.45, 7) is 5.34. The summed E-state index contributed by atoms with van der Waals surface area (Å²) in [7, 11) is 0. The van der Waals surface area contributed by atoms with Crippen molar-refractivity contribution in [2.45, 2.75) is 58.5 Å². The van der Waals surface area contributed by atoms with Gasteiger partial charge in [0.2, 0.25) is 0 Å². The largest absolute Gasteiger partial charge is 0.493 e. The Morgan fingerprint density at radius 1 is 0.833 bits per heavy atom. The zero-order valence-corrected chi connectivity index (χ0v) is 15.0. The first-order chi connectivity index (χ1) is 11.8. The Morgan fingerprint density at radius 2 is 1.50 bits per heavy atom. The van der Waals surface area contributed by atoms with Crippen LogP contribution in [0.3, 0.4) is 0 Å². The molecule has 0 radical (unpaired) electrons. The maximum absolute atomic E-state index is 10.1. The molecule has 1 unspecified atom stereocenters. The van der Waals surface area contributed by atoms with E-state index in [4.69, 9.17) is 9.47 Å². The third-order valence-electron chi connectivity index (χ3n) is 4.13. The number of hydrogen-bond donors (Lipinski definition) is 1. The Morgan fingerprint density at radius 3 is 2.12 bits per heavy atom. The lowest BCUT2D eigenvalue weighted by Gasteiger charge is -2.15. The van der Waals surface area contributed by atoms with Gasteiger partial charge in [0.25, 0.3) is 0 Å². The van der Waals surface area contributed by atoms with Crippen LogP contribution in [0.15, 0.2) is 36.4 Å². The zero-order valence-electron chi connectivity index (χ0n) is 15.0. The molecule has 0 fully saturated rings. The number of unbranched alkanes of at least 4 members (excludes halogenated alkanes) is 3. The smallest absolute Gasteiger partial charge is 0.127 e. The highest BCUT2D eigenvalue weighted by Gasteiger charge is 2.10. The molecule has 1 N–H and O–H groups in total. The van der Waals surface area contributed by atoms with Gasteiger partial charge >= 0.3 is 0 Å². The van der Waals surface area contributed by atoms with Gasteiger partial charge < -0.3 is 14.6 Å². The summed E-state index contributed by atoms with van der Waals surface area (Å²) in [4.78, 5) is 0. The van der Waals surface area contributed by atoms with Crippen LogP contribution in [0.25, 0.3) is 10.8 Å². The van der Waals surface area contributed by atoms with Gasteiger partial charge in [0, 0.05) is 10.8 Å². The summed E-state index contributed by atoms with van der Waals surface area (Å²) in [5.41, 5.74) is 0. The second kappa shape index (κ2) is 10.2. The second-order valence-corrected chi connectivity index (χ2v) is 6.27. The van der Waals surface area contributed by atoms with E-state index in [2.05, 4.69) is 13.8 Å². The fourth-order valence-corrected chi connectivity index (χ4v) is 2.78. The summed E-state index contributed by atoms with van der Waals surface area (Å²) in [6, 6.07) is 12.0. The van der Waals surface area contributed by atoms with E-state index in [-0.39, 0.29) is 0 Å². The lowest BCUT2D eigenvalue weighted by molar-refractivity contribution is 0.0982. The Hall–Kier alpha value is -1.74. The summed E-state index contributed by atoms with van der Waals surface area (Å²) in [5.74, 6) is 1.70. The number of rotatable bonds is 11. The molecule has 2 aromatic carbocycles. The van der Waals surface area contributed by atoms with E-state index in [1.54, 1.807) is 0 Å². The van der Waals surface area contributed by atoms with Crippen molar-refractivity contribution >= 4 is 10.8 Å². The molecule has 2 rings (SSSR count). The molecule has 0 heterocycles. The van der Waals surface area contributed by atoms with Gasteiger partial charge in [-0.3, -0.25) is 0 Å². The first-order valence-electron chi connectivity index (χ1n) is 9.21. The monoisotopic (exact) mass is 330 g/mol. The third-order valence-corrected chi connectivity index (χ3v) is 4.13. The first kappa shape index (κ1) is 18.6. The van der Waals surface area contributed by atoms with Crippen LogP contribution in [0.2, 0.25) is 0 Å². The number of aliphatic hydroxyl groups is 1. The fourth-order valence-electron chi connectivity index (χ4n) is 2.78. The van der Waals surface area contributed by atoms with Crippen molar-refractivity contribution in [2.75, 3.05) is 13.2 Å². The molecule has 0 aromatic heterocycles. The minimum atomic E-state index is -0.406. The van der Waals surface area contributed by atoms with Crippen LogP contribution in [-0.2, 0) is 0 Å². The molecule has 0 aliphatic rings. The van der Waals surface area contributed by atoms with Crippen LogP contribution >= 0.6 is 0 Å². The fraction of sp³-hybridized carbons (Fsp3) is 0.524. The van der Waals surface area contributed by atoms with E-state index in [1.165, 1.54) is 19.3 Å². The van der Waals surface area contributed by atoms with Gasteiger partial charge in [-0.1, -0.05) is 63.8 Å². The number of ether oxygens (including phenoxy) is 2. The molecule has 0 saturated carbocycles. The van der Waals surface area contributed by atoms with Crippen molar-refractivity contribution < 1.29 is 14.6 Å². The summed E-state index contributed by atoms with van der Waals surface area (Å²) in [6.07, 6.45) is 6.06. The number of hydrogen-bond acceptors (Lipinski definition) is 3. The zero-order chi connectivity index (χ0) is 17.2. The maximum Gasteiger partial charge on any atom is 0.127 e. The van der Waals surface area contributed by atoms with Crippen LogP contribution in [0.1, 0.15) is 52.4 Å². The molecule has 0 amide bonds. The molecular formula is C21H30O3. The van der Waals surface area contributed by atoms with Crippen LogP contribution in [-0.4, -0.2) is 24.4 Å². The summed E-state index contributed by atoms with van der Waals surface area (Å²) >= 11 is 0. The molecule has 0 aliphatic carbocycles. The average molecular weight is 330 g/mol. The van der Waals surface area contributed by atoms with Crippen LogP contribution in [0.4, 0.5) is 0 Å². The molecule has 1 atom stereocenters. The molecule has 3 nitrogen and oxygen atoms in total. The molecule has 0 saturated heterocycles. The molecule has 132 valence electrons. The van der Waals surface area contributed by atoms with Crippen molar-refractivity contribution in [3.05, 3.63) is 36.4 Å². The van der Waals surface area contributed by atoms with Gasteiger partial charge in [-0.05, 0) is 25.0 Å². The van der Waals surface area contributed by atoms with E-state index >= 15 is 0 Å². The van der Waals surface area contributed by atoms with Crippen LogP contribution in [0, 0.1) is 0 Å². The van der Waals surface area contributed by atoms with E-state index < -0.39 is 6.10 Å². The summed E-state index contributed by atoms with van der Waals surface area (Å²) in [5, 5.41) is 12.2. The minimum Gasteiger partial charge on any atom is -0.493 e. The molecule has 24 heavy (non-hydrogen) atoms. The van der Waals surface area contributed by atoms with E-state index in [0.717, 1.165) is 41.5 Å². The predicted octanol–water partition coefficient (Wildman–Crippen LogP) is 5.34. The van der Waals surface area contributed by atoms with E-state index in [9.17, 15) is 5.11 Å². The highest BCUT2D eigenvalue weighted by atomic mass is 16.5. The lowest BCUT2D eigenvalue weighted by atomic mass is 10.1. The highest BCUT2D eigenvalue weighted by molar-refractivity contribution is 5.93. The van der Waals surface area contributed by atoms with Crippen molar-refractivity contribution in [1.82, 2.24) is 0 Å². The molecule has 2 aromatic rings. The number of benzene rings is 2. The lowest BCUT2D eigenvalue weighted by Crippen LogP contribution is -2.17. The quantitative estimate of drug-likeness (QED) is 0.565. The molecule has 0 aliphatic heterocycles. The second-order valence-electron chi connectivity index (χ2n) is 6.27. The van der Waals surface area contributed by atoms with Crippen LogP contribution < -0.4 is 9.47 Å². The van der Waals surface area contributed by atoms with Crippen molar-refractivity contribution in [1.29, 1.82) is 0 Å². The average Bonchev–Trinajstić information content (AvgIpc) is 2.62. The predicted molar refractivity (Wildman–Crippen MR) is 100.0 cm³/mol. The van der Waals surface area contributed by atoms with Crippen molar-refractivity contribution in [2.24, 2.45) is 0 Å². The van der Waals surface area contributed by atoms with Gasteiger partial charge in [-0.15, -0.1) is 0 Å². The molecule has 3 heteroatoms. The topological polar surface area (TPSA) is 38.7 Å². The van der Waals surface area contributed by atoms with Gasteiger partial charge in [0.1, 0.15) is 18.1 Å².